The van der Waals surface area contributed by atoms with Gasteiger partial charge in [-0.05, 0) is 11.6 Å². The van der Waals surface area contributed by atoms with E-state index in [1.165, 1.54) is 0 Å². The van der Waals surface area contributed by atoms with Crippen LogP contribution in [0.4, 0.5) is 0 Å². The van der Waals surface area contributed by atoms with E-state index in [0.29, 0.717) is 11.3 Å². The summed E-state index contributed by atoms with van der Waals surface area (Å²) >= 11 is 0. The van der Waals surface area contributed by atoms with Gasteiger partial charge in [-0.25, -0.2) is 4.79 Å². The lowest BCUT2D eigenvalue weighted by atomic mass is 9.90. The Morgan fingerprint density at radius 3 is 2.15 bits per heavy atom. The molecule has 0 aliphatic carbocycles. The Morgan fingerprint density at radius 1 is 0.950 bits per heavy atom. The van der Waals surface area contributed by atoms with Crippen molar-refractivity contribution >= 4 is 11.7 Å². The largest absolute Gasteiger partial charge is 0.479 e. The van der Waals surface area contributed by atoms with E-state index in [0.717, 1.165) is 5.56 Å². The van der Waals surface area contributed by atoms with Gasteiger partial charge in [-0.15, -0.1) is 0 Å². The fourth-order valence-corrected chi connectivity index (χ4v) is 2.20. The van der Waals surface area contributed by atoms with Crippen LogP contribution in [0, 0.1) is 0 Å². The molecule has 0 saturated heterocycles. The van der Waals surface area contributed by atoms with Crippen molar-refractivity contribution in [3.05, 3.63) is 77.9 Å². The Balaban J connectivity index is 2.10. The summed E-state index contributed by atoms with van der Waals surface area (Å²) in [5.74, 6) is -1.03. The first-order valence-corrected chi connectivity index (χ1v) is 6.22. The van der Waals surface area contributed by atoms with Crippen molar-refractivity contribution in [2.75, 3.05) is 0 Å². The standard InChI is InChI=1S/C16H12N2O2/c19-15(20)16(13-9-5-2-6-10-13)11-14(17-18-16)12-7-3-1-4-8-12/h1-11H,(H,19,20). The first-order valence-electron chi connectivity index (χ1n) is 6.22. The molecule has 0 fully saturated rings. The minimum absolute atomic E-state index is 0.580. The molecular formula is C16H12N2O2. The van der Waals surface area contributed by atoms with Crippen LogP contribution in [0.15, 0.2) is 77.0 Å². The zero-order chi connectivity index (χ0) is 14.0. The average molecular weight is 264 g/mol. The van der Waals surface area contributed by atoms with Crippen molar-refractivity contribution < 1.29 is 9.90 Å². The molecule has 1 aliphatic heterocycles. The molecule has 0 saturated carbocycles. The van der Waals surface area contributed by atoms with E-state index in [1.807, 2.05) is 36.4 Å². The second-order valence-corrected chi connectivity index (χ2v) is 4.53. The molecule has 20 heavy (non-hydrogen) atoms. The Kier molecular flexibility index (Phi) is 2.91. The Labute approximate surface area is 116 Å². The van der Waals surface area contributed by atoms with Crippen LogP contribution in [0.25, 0.3) is 5.70 Å². The van der Waals surface area contributed by atoms with Gasteiger partial charge in [-0.1, -0.05) is 60.7 Å². The fraction of sp³-hybridized carbons (Fsp3) is 0.0625. The Morgan fingerprint density at radius 2 is 1.55 bits per heavy atom. The smallest absolute Gasteiger partial charge is 0.342 e. The third-order valence-electron chi connectivity index (χ3n) is 3.27. The number of aliphatic carboxylic acids is 1. The Bertz CT molecular complexity index is 693. The van der Waals surface area contributed by atoms with Gasteiger partial charge in [-0.2, -0.15) is 10.2 Å². The Hall–Kier alpha value is -2.75. The molecule has 1 N–H and O–H groups in total. The number of benzene rings is 2. The number of carboxylic acid groups (broad SMARTS) is 1. The highest BCUT2D eigenvalue weighted by Gasteiger charge is 2.42. The normalized spacial score (nSPS) is 20.7. The monoisotopic (exact) mass is 264 g/mol. The summed E-state index contributed by atoms with van der Waals surface area (Å²) in [6, 6.07) is 18.4. The van der Waals surface area contributed by atoms with Crippen LogP contribution in [0.3, 0.4) is 0 Å². The van der Waals surface area contributed by atoms with Crippen LogP contribution in [0.5, 0.6) is 0 Å². The first-order chi connectivity index (χ1) is 9.72. The van der Waals surface area contributed by atoms with Crippen molar-refractivity contribution in [2.24, 2.45) is 10.2 Å². The van der Waals surface area contributed by atoms with Gasteiger partial charge in [0.2, 0.25) is 5.54 Å². The number of nitrogens with zero attached hydrogens (tertiary/aromatic N) is 2. The van der Waals surface area contributed by atoms with E-state index in [9.17, 15) is 9.90 Å². The van der Waals surface area contributed by atoms with Crippen LogP contribution >= 0.6 is 0 Å². The molecule has 4 nitrogen and oxygen atoms in total. The number of azo groups is 1. The van der Waals surface area contributed by atoms with Gasteiger partial charge in [0, 0.05) is 5.56 Å². The molecule has 0 spiro atoms. The van der Waals surface area contributed by atoms with Gasteiger partial charge >= 0.3 is 5.97 Å². The van der Waals surface area contributed by atoms with Crippen LogP contribution in [-0.4, -0.2) is 11.1 Å². The van der Waals surface area contributed by atoms with Crippen molar-refractivity contribution in [2.45, 2.75) is 5.54 Å². The molecule has 1 atom stereocenters. The maximum Gasteiger partial charge on any atom is 0.342 e. The number of hydrogen-bond acceptors (Lipinski definition) is 3. The molecule has 2 aromatic rings. The number of carboxylic acids is 1. The van der Waals surface area contributed by atoms with Crippen LogP contribution in [-0.2, 0) is 10.3 Å². The predicted molar refractivity (Wildman–Crippen MR) is 75.0 cm³/mol. The summed E-state index contributed by atoms with van der Waals surface area (Å²) in [4.78, 5) is 11.7. The molecule has 1 heterocycles. The second kappa shape index (κ2) is 4.74. The minimum atomic E-state index is -1.42. The van der Waals surface area contributed by atoms with Gasteiger partial charge in [0.1, 0.15) is 0 Å². The van der Waals surface area contributed by atoms with E-state index in [1.54, 1.807) is 30.3 Å². The number of hydrogen-bond donors (Lipinski definition) is 1. The summed E-state index contributed by atoms with van der Waals surface area (Å²) in [5, 5.41) is 17.7. The SMILES string of the molecule is O=C(O)C1(c2ccccc2)C=C(c2ccccc2)N=N1. The highest BCUT2D eigenvalue weighted by atomic mass is 16.4. The molecule has 0 radical (unpaired) electrons. The summed E-state index contributed by atoms with van der Waals surface area (Å²) in [5.41, 5.74) is 0.612. The molecule has 0 amide bonds. The molecule has 3 rings (SSSR count). The zero-order valence-corrected chi connectivity index (χ0v) is 10.6. The van der Waals surface area contributed by atoms with Gasteiger partial charge in [0.15, 0.2) is 0 Å². The quantitative estimate of drug-likeness (QED) is 0.922. The van der Waals surface area contributed by atoms with Gasteiger partial charge < -0.3 is 5.11 Å². The average Bonchev–Trinajstić information content (AvgIpc) is 2.96. The number of rotatable bonds is 3. The van der Waals surface area contributed by atoms with Crippen molar-refractivity contribution in [3.8, 4) is 0 Å². The van der Waals surface area contributed by atoms with E-state index in [2.05, 4.69) is 10.2 Å². The molecule has 0 aromatic heterocycles. The zero-order valence-electron chi connectivity index (χ0n) is 10.6. The van der Waals surface area contributed by atoms with E-state index >= 15 is 0 Å². The first kappa shape index (κ1) is 12.3. The summed E-state index contributed by atoms with van der Waals surface area (Å²) < 4.78 is 0. The highest BCUT2D eigenvalue weighted by molar-refractivity contribution is 5.88. The molecule has 0 bridgehead atoms. The lowest BCUT2D eigenvalue weighted by Crippen LogP contribution is -2.29. The predicted octanol–water partition coefficient (Wildman–Crippen LogP) is 3.47. The maximum atomic E-state index is 11.7. The van der Waals surface area contributed by atoms with E-state index in [-0.39, 0.29) is 0 Å². The molecular weight excluding hydrogens is 252 g/mol. The minimum Gasteiger partial charge on any atom is -0.479 e. The van der Waals surface area contributed by atoms with Gasteiger partial charge in [-0.3, -0.25) is 0 Å². The lowest BCUT2D eigenvalue weighted by Gasteiger charge is -2.17. The second-order valence-electron chi connectivity index (χ2n) is 4.53. The van der Waals surface area contributed by atoms with E-state index < -0.39 is 11.5 Å². The van der Waals surface area contributed by atoms with Crippen LogP contribution in [0.2, 0.25) is 0 Å². The molecule has 2 aromatic carbocycles. The summed E-state index contributed by atoms with van der Waals surface area (Å²) in [6.45, 7) is 0. The molecule has 4 heteroatoms. The maximum absolute atomic E-state index is 11.7. The topological polar surface area (TPSA) is 62.0 Å². The third kappa shape index (κ3) is 1.91. The molecule has 1 aliphatic rings. The van der Waals surface area contributed by atoms with Gasteiger partial charge in [0.25, 0.3) is 0 Å². The lowest BCUT2D eigenvalue weighted by molar-refractivity contribution is -0.141. The molecule has 1 unspecified atom stereocenters. The molecule has 98 valence electrons. The highest BCUT2D eigenvalue weighted by Crippen LogP contribution is 2.38. The van der Waals surface area contributed by atoms with E-state index in [4.69, 9.17) is 0 Å². The third-order valence-corrected chi connectivity index (χ3v) is 3.27. The van der Waals surface area contributed by atoms with Gasteiger partial charge in [0.05, 0.1) is 5.70 Å². The summed E-state index contributed by atoms with van der Waals surface area (Å²) in [7, 11) is 0. The van der Waals surface area contributed by atoms with Crippen LogP contribution in [0.1, 0.15) is 11.1 Å². The summed E-state index contributed by atoms with van der Waals surface area (Å²) in [6.07, 6.45) is 1.60. The van der Waals surface area contributed by atoms with Crippen molar-refractivity contribution in [1.82, 2.24) is 0 Å². The van der Waals surface area contributed by atoms with Crippen molar-refractivity contribution in [3.63, 3.8) is 0 Å². The fourth-order valence-electron chi connectivity index (χ4n) is 2.20. The van der Waals surface area contributed by atoms with Crippen molar-refractivity contribution in [1.29, 1.82) is 0 Å². The van der Waals surface area contributed by atoms with Crippen LogP contribution < -0.4 is 0 Å². The number of carbonyl (C=O) groups is 1.